The third-order valence-electron chi connectivity index (χ3n) is 3.24. The first kappa shape index (κ1) is 19.1. The van der Waals surface area contributed by atoms with Crippen molar-refractivity contribution in [2.45, 2.75) is 20.3 Å². The van der Waals surface area contributed by atoms with Gasteiger partial charge in [-0.25, -0.2) is 8.78 Å². The van der Waals surface area contributed by atoms with Crippen molar-refractivity contribution in [3.05, 3.63) is 59.8 Å². The minimum absolute atomic E-state index is 0. The van der Waals surface area contributed by atoms with E-state index in [-0.39, 0.29) is 39.3 Å². The molecule has 0 saturated heterocycles. The summed E-state index contributed by atoms with van der Waals surface area (Å²) in [6.45, 7) is 7.84. The normalized spacial score (nSPS) is 14.4. The summed E-state index contributed by atoms with van der Waals surface area (Å²) < 4.78 is 31.0. The molecule has 0 bridgehead atoms. The number of alkyl halides is 2. The van der Waals surface area contributed by atoms with Crippen LogP contribution in [0.3, 0.4) is 0 Å². The van der Waals surface area contributed by atoms with Gasteiger partial charge in [0.2, 0.25) is 0 Å². The van der Waals surface area contributed by atoms with E-state index in [9.17, 15) is 8.78 Å². The zero-order valence-corrected chi connectivity index (χ0v) is 15.6. The van der Waals surface area contributed by atoms with Gasteiger partial charge in [0.15, 0.2) is 0 Å². The number of nitrogens with zero attached hydrogens (tertiary/aromatic N) is 1. The van der Waals surface area contributed by atoms with Gasteiger partial charge in [-0.05, 0) is 24.8 Å². The van der Waals surface area contributed by atoms with Crippen LogP contribution in [0.1, 0.15) is 19.4 Å². The first-order chi connectivity index (χ1) is 10.0. The molecule has 0 fully saturated rings. The van der Waals surface area contributed by atoms with Crippen molar-refractivity contribution in [3.8, 4) is 5.75 Å². The standard InChI is InChI=1S/C17H18F2NO.Y/c1-4-21-15-8-6-14(7-9-15)16-10-5-12(2)13(3)20(16)11-17(18)19;/h5-9,17H,3-4,11H2,1-2H3;/q-1;. The van der Waals surface area contributed by atoms with Gasteiger partial charge in [-0.1, -0.05) is 24.8 Å². The van der Waals surface area contributed by atoms with Crippen LogP contribution < -0.4 is 4.74 Å². The van der Waals surface area contributed by atoms with Gasteiger partial charge in [0.05, 0.1) is 13.2 Å². The summed E-state index contributed by atoms with van der Waals surface area (Å²) in [4.78, 5) is 1.51. The van der Waals surface area contributed by atoms with E-state index in [0.29, 0.717) is 18.0 Å². The molecule has 0 unspecified atom stereocenters. The quantitative estimate of drug-likeness (QED) is 0.709. The van der Waals surface area contributed by atoms with Crippen molar-refractivity contribution < 1.29 is 46.2 Å². The molecule has 0 N–H and O–H groups in total. The van der Waals surface area contributed by atoms with E-state index in [4.69, 9.17) is 4.74 Å². The SMILES string of the molecule is C=C1C(C)=C[C-]=C(c2ccc(OCC)cc2)N1CC(F)F.[Y]. The molecule has 0 aromatic heterocycles. The molecule has 115 valence electrons. The summed E-state index contributed by atoms with van der Waals surface area (Å²) in [5.74, 6) is 0.753. The Hall–Kier alpha value is -0.996. The molecule has 1 aromatic carbocycles. The van der Waals surface area contributed by atoms with Crippen LogP contribution in [-0.2, 0) is 32.7 Å². The molecule has 1 radical (unpaired) electrons. The fraction of sp³-hybridized carbons (Fsp3) is 0.294. The van der Waals surface area contributed by atoms with Crippen molar-refractivity contribution in [1.29, 1.82) is 0 Å². The molecule has 2 nitrogen and oxygen atoms in total. The van der Waals surface area contributed by atoms with Crippen molar-refractivity contribution in [2.75, 3.05) is 13.2 Å². The maximum atomic E-state index is 12.8. The topological polar surface area (TPSA) is 12.5 Å². The van der Waals surface area contributed by atoms with Crippen LogP contribution in [0.4, 0.5) is 8.78 Å². The van der Waals surface area contributed by atoms with Gasteiger partial charge < -0.3 is 9.64 Å². The molecular formula is C17H18F2NOY-. The van der Waals surface area contributed by atoms with Crippen LogP contribution in [0.25, 0.3) is 5.70 Å². The Bertz CT molecular complexity index is 579. The van der Waals surface area contributed by atoms with E-state index < -0.39 is 6.43 Å². The summed E-state index contributed by atoms with van der Waals surface area (Å²) in [5.41, 5.74) is 2.83. The zero-order valence-electron chi connectivity index (χ0n) is 12.8. The molecule has 1 aromatic rings. The number of allylic oxidation sites excluding steroid dienone is 3. The Morgan fingerprint density at radius 3 is 2.45 bits per heavy atom. The van der Waals surface area contributed by atoms with E-state index in [1.54, 1.807) is 6.08 Å². The average molecular weight is 379 g/mol. The zero-order chi connectivity index (χ0) is 15.4. The Kier molecular flexibility index (Phi) is 7.44. The summed E-state index contributed by atoms with van der Waals surface area (Å²) >= 11 is 0. The molecule has 2 rings (SSSR count). The van der Waals surface area contributed by atoms with Crippen LogP contribution in [0.5, 0.6) is 5.75 Å². The van der Waals surface area contributed by atoms with Crippen LogP contribution >= 0.6 is 0 Å². The smallest absolute Gasteiger partial charge is 0.256 e. The van der Waals surface area contributed by atoms with Crippen LogP contribution in [-0.4, -0.2) is 24.5 Å². The second-order valence-electron chi connectivity index (χ2n) is 4.73. The number of rotatable bonds is 5. The molecule has 1 heterocycles. The van der Waals surface area contributed by atoms with Crippen LogP contribution in [0.2, 0.25) is 0 Å². The molecule has 0 spiro atoms. The summed E-state index contributed by atoms with van der Waals surface area (Å²) in [5, 5.41) is 0. The number of hydrogen-bond acceptors (Lipinski definition) is 2. The molecule has 0 saturated carbocycles. The monoisotopic (exact) mass is 379 g/mol. The first-order valence-corrected chi connectivity index (χ1v) is 6.81. The fourth-order valence-corrected chi connectivity index (χ4v) is 2.14. The molecule has 0 amide bonds. The Balaban J connectivity index is 0.00000242. The molecular weight excluding hydrogens is 361 g/mol. The van der Waals surface area contributed by atoms with Crippen molar-refractivity contribution in [3.63, 3.8) is 0 Å². The number of halogens is 2. The van der Waals surface area contributed by atoms with Gasteiger partial charge in [0.1, 0.15) is 5.75 Å². The largest absolute Gasteiger partial charge is 0.494 e. The van der Waals surface area contributed by atoms with Gasteiger partial charge in [0.25, 0.3) is 6.43 Å². The minimum atomic E-state index is -2.44. The van der Waals surface area contributed by atoms with Crippen molar-refractivity contribution >= 4 is 5.70 Å². The van der Waals surface area contributed by atoms with Gasteiger partial charge >= 0.3 is 0 Å². The van der Waals surface area contributed by atoms with Crippen LogP contribution in [0.15, 0.2) is 48.2 Å². The Labute approximate surface area is 155 Å². The molecule has 0 aliphatic carbocycles. The minimum Gasteiger partial charge on any atom is -0.494 e. The van der Waals surface area contributed by atoms with E-state index in [1.165, 1.54) is 4.90 Å². The predicted octanol–water partition coefficient (Wildman–Crippen LogP) is 4.27. The second kappa shape index (κ2) is 8.59. The number of ether oxygens (including phenoxy) is 1. The summed E-state index contributed by atoms with van der Waals surface area (Å²) in [6.07, 6.45) is 2.40. The van der Waals surface area contributed by atoms with E-state index in [0.717, 1.165) is 16.9 Å². The second-order valence-corrected chi connectivity index (χ2v) is 4.73. The Morgan fingerprint density at radius 2 is 1.91 bits per heavy atom. The van der Waals surface area contributed by atoms with Crippen molar-refractivity contribution in [2.24, 2.45) is 0 Å². The maximum Gasteiger partial charge on any atom is 0.256 e. The van der Waals surface area contributed by atoms with E-state index >= 15 is 0 Å². The molecule has 0 atom stereocenters. The first-order valence-electron chi connectivity index (χ1n) is 6.81. The molecule has 22 heavy (non-hydrogen) atoms. The third-order valence-corrected chi connectivity index (χ3v) is 3.24. The van der Waals surface area contributed by atoms with E-state index in [1.807, 2.05) is 38.1 Å². The average Bonchev–Trinajstić information content (AvgIpc) is 2.45. The van der Waals surface area contributed by atoms with Crippen molar-refractivity contribution in [1.82, 2.24) is 4.90 Å². The van der Waals surface area contributed by atoms with Crippen LogP contribution in [0, 0.1) is 6.08 Å². The van der Waals surface area contributed by atoms with Gasteiger partial charge in [-0.3, -0.25) is 0 Å². The van der Waals surface area contributed by atoms with Gasteiger partial charge in [-0.15, -0.1) is 17.7 Å². The van der Waals surface area contributed by atoms with Gasteiger partial charge in [0, 0.05) is 32.7 Å². The molecule has 5 heteroatoms. The number of benzene rings is 1. The molecule has 1 aliphatic rings. The maximum absolute atomic E-state index is 12.8. The predicted molar refractivity (Wildman–Crippen MR) is 79.9 cm³/mol. The summed E-state index contributed by atoms with van der Waals surface area (Å²) in [7, 11) is 0. The van der Waals surface area contributed by atoms with Gasteiger partial charge in [-0.2, -0.15) is 12.2 Å². The Morgan fingerprint density at radius 1 is 1.27 bits per heavy atom. The van der Waals surface area contributed by atoms with E-state index in [2.05, 4.69) is 12.7 Å². The summed E-state index contributed by atoms with van der Waals surface area (Å²) in [6, 6.07) is 7.32. The third kappa shape index (κ3) is 4.50. The number of hydrogen-bond donors (Lipinski definition) is 0. The molecule has 1 aliphatic heterocycles. The fourth-order valence-electron chi connectivity index (χ4n) is 2.14.